The highest BCUT2D eigenvalue weighted by molar-refractivity contribution is 8.01. The normalized spacial score (nSPS) is 29.0. The van der Waals surface area contributed by atoms with E-state index >= 15 is 0 Å². The van der Waals surface area contributed by atoms with Gasteiger partial charge in [0.1, 0.15) is 11.4 Å². The van der Waals surface area contributed by atoms with Crippen LogP contribution < -0.4 is 11.1 Å². The van der Waals surface area contributed by atoms with Gasteiger partial charge in [0.15, 0.2) is 0 Å². The number of ether oxygens (including phenoxy) is 1. The van der Waals surface area contributed by atoms with E-state index < -0.39 is 39.7 Å². The van der Waals surface area contributed by atoms with E-state index in [1.165, 1.54) is 23.8 Å². The maximum absolute atomic E-state index is 12.7. The predicted octanol–water partition coefficient (Wildman–Crippen LogP) is 0.417. The van der Waals surface area contributed by atoms with Crippen LogP contribution in [0.25, 0.3) is 0 Å². The number of thioether (sulfide) groups is 1. The average molecular weight is 379 g/mol. The van der Waals surface area contributed by atoms with E-state index in [4.69, 9.17) is 10.5 Å². The number of hydrogen-bond donors (Lipinski definition) is 3. The number of β-lactam (4-membered cyclic amide) rings is 1. The van der Waals surface area contributed by atoms with E-state index in [1.54, 1.807) is 38.1 Å². The average Bonchev–Trinajstić information content (AvgIpc) is 2.84. The van der Waals surface area contributed by atoms with Gasteiger partial charge in [0.25, 0.3) is 11.6 Å². The summed E-state index contributed by atoms with van der Waals surface area (Å²) in [7, 11) is 1.33. The van der Waals surface area contributed by atoms with Crippen LogP contribution in [-0.4, -0.2) is 56.8 Å². The molecule has 0 aliphatic carbocycles. The van der Waals surface area contributed by atoms with Crippen molar-refractivity contribution in [3.63, 3.8) is 0 Å². The van der Waals surface area contributed by atoms with Crippen molar-refractivity contribution in [2.75, 3.05) is 12.8 Å². The summed E-state index contributed by atoms with van der Waals surface area (Å²) in [6.07, 6.45) is -0.00575. The van der Waals surface area contributed by atoms with Crippen molar-refractivity contribution in [1.29, 1.82) is 0 Å². The quantitative estimate of drug-likeness (QED) is 0.385. The van der Waals surface area contributed by atoms with Gasteiger partial charge >= 0.3 is 5.97 Å². The van der Waals surface area contributed by atoms with Crippen LogP contribution in [0.4, 0.5) is 5.69 Å². The summed E-state index contributed by atoms with van der Waals surface area (Å²) < 4.78 is 4.68. The predicted molar refractivity (Wildman–Crippen MR) is 96.2 cm³/mol. The Morgan fingerprint density at radius 1 is 1.38 bits per heavy atom. The molecule has 0 radical (unpaired) electrons. The van der Waals surface area contributed by atoms with Crippen molar-refractivity contribution in [1.82, 2.24) is 10.2 Å². The second kappa shape index (κ2) is 6.17. The fraction of sp³-hybridized carbons (Fsp3) is 0.471. The molecule has 4 N–H and O–H groups in total. The zero-order valence-corrected chi connectivity index (χ0v) is 15.5. The number of fused-ring (bicyclic) bond motifs is 1. The molecule has 2 saturated heterocycles. The number of benzene rings is 1. The number of aliphatic carboxylic acids is 1. The molecule has 0 bridgehead atoms. The standard InChI is InChI=1S/C17H21N3O5S/c1-16(2)12(13(22)23)20-14(24)17(25-3,15(20)26-16)19-11(21)8-9-6-4-5-7-10(9)18/h4-7,12,15H,8,18H2,1-3H3,(H,19,21)(H,22,23)/t12-,15+,17+/m0/s1. The van der Waals surface area contributed by atoms with Crippen molar-refractivity contribution in [2.24, 2.45) is 0 Å². The van der Waals surface area contributed by atoms with Crippen molar-refractivity contribution < 1.29 is 24.2 Å². The number of nitrogens with zero attached hydrogens (tertiary/aromatic N) is 1. The van der Waals surface area contributed by atoms with E-state index in [0.717, 1.165) is 0 Å². The van der Waals surface area contributed by atoms with Crippen LogP contribution in [0.3, 0.4) is 0 Å². The van der Waals surface area contributed by atoms with E-state index in [2.05, 4.69) is 5.32 Å². The largest absolute Gasteiger partial charge is 0.480 e. The number of carboxylic acid groups (broad SMARTS) is 1. The lowest BCUT2D eigenvalue weighted by atomic mass is 9.93. The lowest BCUT2D eigenvalue weighted by Gasteiger charge is -2.51. The molecule has 2 fully saturated rings. The molecular weight excluding hydrogens is 358 g/mol. The lowest BCUT2D eigenvalue weighted by molar-refractivity contribution is -0.201. The number of nitrogen functional groups attached to an aromatic ring is 1. The van der Waals surface area contributed by atoms with Crippen LogP contribution in [0.15, 0.2) is 24.3 Å². The Hall–Kier alpha value is -2.26. The van der Waals surface area contributed by atoms with E-state index in [1.807, 2.05) is 0 Å². The number of amides is 2. The second-order valence-corrected chi connectivity index (χ2v) is 8.62. The Labute approximate surface area is 155 Å². The van der Waals surface area contributed by atoms with Crippen molar-refractivity contribution in [3.8, 4) is 0 Å². The molecular formula is C17H21N3O5S. The molecule has 0 saturated carbocycles. The molecule has 0 spiro atoms. The van der Waals surface area contributed by atoms with Gasteiger partial charge < -0.3 is 25.8 Å². The van der Waals surface area contributed by atoms with Crippen LogP contribution in [-0.2, 0) is 25.5 Å². The van der Waals surface area contributed by atoms with E-state index in [-0.39, 0.29) is 6.42 Å². The lowest BCUT2D eigenvalue weighted by Crippen LogP contribution is -2.80. The number of carboxylic acids is 1. The highest BCUT2D eigenvalue weighted by atomic mass is 32.2. The zero-order chi connectivity index (χ0) is 19.3. The fourth-order valence-corrected chi connectivity index (χ4v) is 5.17. The molecule has 0 aromatic heterocycles. The fourth-order valence-electron chi connectivity index (χ4n) is 3.50. The van der Waals surface area contributed by atoms with E-state index in [9.17, 15) is 19.5 Å². The topological polar surface area (TPSA) is 122 Å². The van der Waals surface area contributed by atoms with Gasteiger partial charge in [-0.15, -0.1) is 11.8 Å². The highest BCUT2D eigenvalue weighted by Gasteiger charge is 2.73. The van der Waals surface area contributed by atoms with Crippen LogP contribution >= 0.6 is 11.8 Å². The van der Waals surface area contributed by atoms with Crippen LogP contribution in [0.5, 0.6) is 0 Å². The number of anilines is 1. The minimum atomic E-state index is -1.56. The number of carbonyl (C=O) groups excluding carboxylic acids is 2. The molecule has 1 aromatic carbocycles. The molecule has 1 aromatic rings. The Balaban J connectivity index is 1.81. The Morgan fingerprint density at radius 2 is 2.04 bits per heavy atom. The highest BCUT2D eigenvalue weighted by Crippen LogP contribution is 2.55. The molecule has 2 heterocycles. The van der Waals surface area contributed by atoms with Gasteiger partial charge in [0, 0.05) is 17.5 Å². The SMILES string of the molecule is CO[C@]1(NC(=O)Cc2ccccc2N)C(=O)N2[C@@H](C(=O)O)C(C)(C)S[C@@H]21. The minimum Gasteiger partial charge on any atom is -0.480 e. The third kappa shape index (κ3) is 2.62. The smallest absolute Gasteiger partial charge is 0.327 e. The van der Waals surface area contributed by atoms with Crippen molar-refractivity contribution in [3.05, 3.63) is 29.8 Å². The first kappa shape index (κ1) is 18.5. The maximum Gasteiger partial charge on any atom is 0.327 e. The van der Waals surface area contributed by atoms with Crippen LogP contribution in [0.2, 0.25) is 0 Å². The molecule has 8 nitrogen and oxygen atoms in total. The van der Waals surface area contributed by atoms with Gasteiger partial charge in [-0.1, -0.05) is 18.2 Å². The number of nitrogens with two attached hydrogens (primary N) is 1. The Kier molecular flexibility index (Phi) is 4.40. The first-order chi connectivity index (χ1) is 12.1. The molecule has 140 valence electrons. The summed E-state index contributed by atoms with van der Waals surface area (Å²) in [5, 5.41) is 11.5. The summed E-state index contributed by atoms with van der Waals surface area (Å²) >= 11 is 1.30. The molecule has 2 aliphatic heterocycles. The van der Waals surface area contributed by atoms with Gasteiger partial charge in [-0.2, -0.15) is 0 Å². The van der Waals surface area contributed by atoms with Crippen molar-refractivity contribution >= 4 is 35.2 Å². The Bertz CT molecular complexity index is 783. The minimum absolute atomic E-state index is 0.00575. The van der Waals surface area contributed by atoms with Gasteiger partial charge in [0.05, 0.1) is 6.42 Å². The monoisotopic (exact) mass is 379 g/mol. The first-order valence-electron chi connectivity index (χ1n) is 8.07. The number of methoxy groups -OCH3 is 1. The molecule has 0 unspecified atom stereocenters. The third-order valence-electron chi connectivity index (χ3n) is 4.79. The van der Waals surface area contributed by atoms with Gasteiger partial charge in [0.2, 0.25) is 5.91 Å². The summed E-state index contributed by atoms with van der Waals surface area (Å²) in [5.41, 5.74) is 5.42. The van der Waals surface area contributed by atoms with Crippen molar-refractivity contribution in [2.45, 2.75) is 42.2 Å². The second-order valence-electron chi connectivity index (χ2n) is 6.89. The van der Waals surface area contributed by atoms with Crippen LogP contribution in [0.1, 0.15) is 19.4 Å². The molecule has 2 amide bonds. The number of nitrogens with one attached hydrogen (secondary N) is 1. The molecule has 26 heavy (non-hydrogen) atoms. The zero-order valence-electron chi connectivity index (χ0n) is 14.7. The maximum atomic E-state index is 12.7. The van der Waals surface area contributed by atoms with Crippen LogP contribution in [0, 0.1) is 0 Å². The number of hydrogen-bond acceptors (Lipinski definition) is 6. The summed E-state index contributed by atoms with van der Waals surface area (Å²) in [4.78, 5) is 38.1. The summed E-state index contributed by atoms with van der Waals surface area (Å²) in [6, 6.07) is 5.99. The van der Waals surface area contributed by atoms with Gasteiger partial charge in [-0.05, 0) is 25.5 Å². The summed E-state index contributed by atoms with van der Waals surface area (Å²) in [6.45, 7) is 3.52. The summed E-state index contributed by atoms with van der Waals surface area (Å²) in [5.74, 6) is -2.05. The molecule has 3 atom stereocenters. The first-order valence-corrected chi connectivity index (χ1v) is 8.95. The number of para-hydroxylation sites is 1. The van der Waals surface area contributed by atoms with E-state index in [0.29, 0.717) is 11.3 Å². The third-order valence-corrected chi connectivity index (χ3v) is 6.40. The number of rotatable bonds is 5. The Morgan fingerprint density at radius 3 is 2.62 bits per heavy atom. The van der Waals surface area contributed by atoms with Gasteiger partial charge in [-0.25, -0.2) is 4.79 Å². The number of carbonyl (C=O) groups is 3. The molecule has 9 heteroatoms. The van der Waals surface area contributed by atoms with Gasteiger partial charge in [-0.3, -0.25) is 9.59 Å². The molecule has 3 rings (SSSR count). The molecule has 2 aliphatic rings.